The molecule has 1 aliphatic heterocycles. The lowest BCUT2D eigenvalue weighted by Crippen LogP contribution is -2.22. The Bertz CT molecular complexity index is 347. The number of nitrogens with one attached hydrogen (secondary N) is 1. The molecule has 1 saturated heterocycles. The average Bonchev–Trinajstić information content (AvgIpc) is 2.48. The summed E-state index contributed by atoms with van der Waals surface area (Å²) in [7, 11) is 0. The molecule has 0 aliphatic carbocycles. The van der Waals surface area contributed by atoms with Gasteiger partial charge in [0.15, 0.2) is 0 Å². The van der Waals surface area contributed by atoms with Crippen molar-refractivity contribution in [2.75, 3.05) is 0 Å². The lowest BCUT2D eigenvalue weighted by Gasteiger charge is -2.09. The zero-order chi connectivity index (χ0) is 10.1. The molecule has 2 atom stereocenters. The van der Waals surface area contributed by atoms with Crippen molar-refractivity contribution >= 4 is 17.7 Å². The van der Waals surface area contributed by atoms with Crippen LogP contribution in [-0.2, 0) is 4.79 Å². The van der Waals surface area contributed by atoms with Crippen LogP contribution in [0.5, 0.6) is 0 Å². The molecular weight excluding hydrogens is 194 g/mol. The molecule has 0 spiro atoms. The summed E-state index contributed by atoms with van der Waals surface area (Å²) in [5.41, 5.74) is 2.43. The second kappa shape index (κ2) is 3.65. The quantitative estimate of drug-likeness (QED) is 0.765. The normalized spacial score (nSPS) is 26.3. The van der Waals surface area contributed by atoms with E-state index in [4.69, 9.17) is 0 Å². The number of amides is 1. The van der Waals surface area contributed by atoms with E-state index in [0.29, 0.717) is 0 Å². The highest BCUT2D eigenvalue weighted by atomic mass is 32.2. The lowest BCUT2D eigenvalue weighted by molar-refractivity contribution is -0.119. The Kier molecular flexibility index (Phi) is 2.50. The fourth-order valence-corrected chi connectivity index (χ4v) is 2.55. The average molecular weight is 207 g/mol. The maximum Gasteiger partial charge on any atom is 0.234 e. The summed E-state index contributed by atoms with van der Waals surface area (Å²) in [6, 6.07) is 8.30. The summed E-state index contributed by atoms with van der Waals surface area (Å²) in [4.78, 5) is 11.3. The van der Waals surface area contributed by atoms with Gasteiger partial charge in [0.25, 0.3) is 0 Å². The first-order chi connectivity index (χ1) is 6.66. The van der Waals surface area contributed by atoms with E-state index in [2.05, 4.69) is 36.5 Å². The van der Waals surface area contributed by atoms with Crippen molar-refractivity contribution in [2.45, 2.75) is 24.5 Å². The SMILES string of the molecule is Cc1ccc([C@@H]2NC(=O)[C@@H](C)S2)cc1. The Labute approximate surface area is 88.1 Å². The first kappa shape index (κ1) is 9.59. The van der Waals surface area contributed by atoms with E-state index >= 15 is 0 Å². The van der Waals surface area contributed by atoms with E-state index in [1.54, 1.807) is 11.8 Å². The molecule has 3 heteroatoms. The molecule has 74 valence electrons. The van der Waals surface area contributed by atoms with Crippen LogP contribution in [0.15, 0.2) is 24.3 Å². The number of carbonyl (C=O) groups excluding carboxylic acids is 1. The number of hydrogen-bond donors (Lipinski definition) is 1. The highest BCUT2D eigenvalue weighted by Crippen LogP contribution is 2.35. The maximum absolute atomic E-state index is 11.3. The summed E-state index contributed by atoms with van der Waals surface area (Å²) in [6.07, 6.45) is 0. The largest absolute Gasteiger partial charge is 0.339 e. The van der Waals surface area contributed by atoms with Gasteiger partial charge in [-0.1, -0.05) is 29.8 Å². The van der Waals surface area contributed by atoms with E-state index in [1.165, 1.54) is 11.1 Å². The molecule has 1 aliphatic rings. The van der Waals surface area contributed by atoms with E-state index in [9.17, 15) is 4.79 Å². The van der Waals surface area contributed by atoms with E-state index in [-0.39, 0.29) is 16.5 Å². The molecule has 0 radical (unpaired) electrons. The van der Waals surface area contributed by atoms with Crippen molar-refractivity contribution < 1.29 is 4.79 Å². The molecule has 0 unspecified atom stereocenters. The van der Waals surface area contributed by atoms with Crippen LogP contribution in [0.25, 0.3) is 0 Å². The Morgan fingerprint density at radius 2 is 1.93 bits per heavy atom. The highest BCUT2D eigenvalue weighted by Gasteiger charge is 2.29. The topological polar surface area (TPSA) is 29.1 Å². The lowest BCUT2D eigenvalue weighted by atomic mass is 10.1. The molecule has 2 nitrogen and oxygen atoms in total. The third-order valence-corrected chi connectivity index (χ3v) is 3.65. The van der Waals surface area contributed by atoms with Gasteiger partial charge in [0.1, 0.15) is 5.37 Å². The second-order valence-electron chi connectivity index (χ2n) is 3.58. The summed E-state index contributed by atoms with van der Waals surface area (Å²) in [5.74, 6) is 0.139. The third-order valence-electron chi connectivity index (χ3n) is 2.36. The van der Waals surface area contributed by atoms with E-state index < -0.39 is 0 Å². The summed E-state index contributed by atoms with van der Waals surface area (Å²) in [6.45, 7) is 4.00. The number of rotatable bonds is 1. The molecule has 0 aromatic heterocycles. The number of aryl methyl sites for hydroxylation is 1. The zero-order valence-corrected chi connectivity index (χ0v) is 9.10. The minimum atomic E-state index is 0.0707. The number of carbonyl (C=O) groups is 1. The smallest absolute Gasteiger partial charge is 0.234 e. The van der Waals surface area contributed by atoms with Gasteiger partial charge >= 0.3 is 0 Å². The van der Waals surface area contributed by atoms with Crippen molar-refractivity contribution in [1.29, 1.82) is 0 Å². The molecule has 1 aromatic rings. The maximum atomic E-state index is 11.3. The molecular formula is C11H13NOS. The fraction of sp³-hybridized carbons (Fsp3) is 0.364. The predicted octanol–water partition coefficient (Wildman–Crippen LogP) is 2.25. The van der Waals surface area contributed by atoms with Gasteiger partial charge in [0.2, 0.25) is 5.91 Å². The van der Waals surface area contributed by atoms with Gasteiger partial charge in [-0.25, -0.2) is 0 Å². The molecule has 1 amide bonds. The predicted molar refractivity (Wildman–Crippen MR) is 59.1 cm³/mol. The van der Waals surface area contributed by atoms with Crippen LogP contribution in [0.1, 0.15) is 23.4 Å². The number of thioether (sulfide) groups is 1. The molecule has 1 N–H and O–H groups in total. The van der Waals surface area contributed by atoms with Gasteiger partial charge < -0.3 is 5.32 Å². The Hall–Kier alpha value is -0.960. The number of benzene rings is 1. The van der Waals surface area contributed by atoms with Gasteiger partial charge in [0.05, 0.1) is 5.25 Å². The Balaban J connectivity index is 2.17. The van der Waals surface area contributed by atoms with Gasteiger partial charge in [-0.05, 0) is 19.4 Å². The molecule has 0 saturated carbocycles. The first-order valence-corrected chi connectivity index (χ1v) is 5.63. The molecule has 1 fully saturated rings. The van der Waals surface area contributed by atoms with Crippen LogP contribution < -0.4 is 5.32 Å². The van der Waals surface area contributed by atoms with Crippen molar-refractivity contribution in [3.63, 3.8) is 0 Å². The van der Waals surface area contributed by atoms with Gasteiger partial charge in [-0.15, -0.1) is 11.8 Å². The summed E-state index contributed by atoms with van der Waals surface area (Å²) in [5, 5.41) is 3.17. The van der Waals surface area contributed by atoms with E-state index in [1.807, 2.05) is 6.92 Å². The van der Waals surface area contributed by atoms with Crippen LogP contribution in [0, 0.1) is 6.92 Å². The molecule has 1 aromatic carbocycles. The van der Waals surface area contributed by atoms with Gasteiger partial charge in [-0.3, -0.25) is 4.79 Å². The fourth-order valence-electron chi connectivity index (χ4n) is 1.45. The van der Waals surface area contributed by atoms with Crippen LogP contribution in [0.3, 0.4) is 0 Å². The highest BCUT2D eigenvalue weighted by molar-refractivity contribution is 8.01. The standard InChI is InChI=1S/C11H13NOS/c1-7-3-5-9(6-4-7)11-12-10(13)8(2)14-11/h3-6,8,11H,1-2H3,(H,12,13)/t8-,11-/m1/s1. The first-order valence-electron chi connectivity index (χ1n) is 4.69. The van der Waals surface area contributed by atoms with Crippen molar-refractivity contribution in [2.24, 2.45) is 0 Å². The Morgan fingerprint density at radius 3 is 2.43 bits per heavy atom. The molecule has 0 bridgehead atoms. The van der Waals surface area contributed by atoms with Gasteiger partial charge in [-0.2, -0.15) is 0 Å². The second-order valence-corrected chi connectivity index (χ2v) is 5.03. The minimum Gasteiger partial charge on any atom is -0.339 e. The van der Waals surface area contributed by atoms with Gasteiger partial charge in [0, 0.05) is 0 Å². The minimum absolute atomic E-state index is 0.0707. The van der Waals surface area contributed by atoms with Crippen LogP contribution >= 0.6 is 11.8 Å². The molecule has 1 heterocycles. The monoisotopic (exact) mass is 207 g/mol. The van der Waals surface area contributed by atoms with Crippen molar-refractivity contribution in [1.82, 2.24) is 5.32 Å². The van der Waals surface area contributed by atoms with Crippen LogP contribution in [0.2, 0.25) is 0 Å². The van der Waals surface area contributed by atoms with Crippen molar-refractivity contribution in [3.05, 3.63) is 35.4 Å². The molecule has 14 heavy (non-hydrogen) atoms. The molecule has 2 rings (SSSR count). The van der Waals surface area contributed by atoms with Crippen LogP contribution in [-0.4, -0.2) is 11.2 Å². The Morgan fingerprint density at radius 1 is 1.29 bits per heavy atom. The van der Waals surface area contributed by atoms with Crippen LogP contribution in [0.4, 0.5) is 0 Å². The zero-order valence-electron chi connectivity index (χ0n) is 8.28. The van der Waals surface area contributed by atoms with E-state index in [0.717, 1.165) is 0 Å². The summed E-state index contributed by atoms with van der Waals surface area (Å²) >= 11 is 1.67. The summed E-state index contributed by atoms with van der Waals surface area (Å²) < 4.78 is 0. The number of hydrogen-bond acceptors (Lipinski definition) is 2. The van der Waals surface area contributed by atoms with Crippen molar-refractivity contribution in [3.8, 4) is 0 Å². The third kappa shape index (κ3) is 1.77.